The highest BCUT2D eigenvalue weighted by molar-refractivity contribution is 5.78. The first kappa shape index (κ1) is 17.0. The molecule has 1 aliphatic rings. The monoisotopic (exact) mass is 337 g/mol. The SMILES string of the molecule is COc1ccc2ncc(F)c(C(O)[C@@H](C)C3OCC(N)CO3)c2n1. The lowest BCUT2D eigenvalue weighted by atomic mass is 9.95. The second-order valence-electron chi connectivity index (χ2n) is 5.84. The molecular formula is C16H20FN3O4. The molecule has 8 heteroatoms. The quantitative estimate of drug-likeness (QED) is 0.863. The number of rotatable bonds is 4. The minimum atomic E-state index is -1.19. The lowest BCUT2D eigenvalue weighted by Gasteiger charge is -2.33. The highest BCUT2D eigenvalue weighted by atomic mass is 19.1. The second kappa shape index (κ2) is 6.94. The molecule has 3 rings (SSSR count). The van der Waals surface area contributed by atoms with Gasteiger partial charge in [-0.25, -0.2) is 9.37 Å². The summed E-state index contributed by atoms with van der Waals surface area (Å²) in [5.74, 6) is -0.854. The van der Waals surface area contributed by atoms with E-state index in [4.69, 9.17) is 19.9 Å². The van der Waals surface area contributed by atoms with Crippen LogP contribution in [0.15, 0.2) is 18.3 Å². The molecule has 2 atom stereocenters. The van der Waals surface area contributed by atoms with Gasteiger partial charge in [0, 0.05) is 17.5 Å². The Morgan fingerprint density at radius 3 is 2.75 bits per heavy atom. The molecule has 1 saturated heterocycles. The number of hydrogen-bond donors (Lipinski definition) is 2. The fourth-order valence-electron chi connectivity index (χ4n) is 2.69. The summed E-state index contributed by atoms with van der Waals surface area (Å²) in [6.45, 7) is 2.37. The molecule has 1 unspecified atom stereocenters. The van der Waals surface area contributed by atoms with Crippen LogP contribution in [-0.2, 0) is 9.47 Å². The number of nitrogens with zero attached hydrogens (tertiary/aromatic N) is 2. The smallest absolute Gasteiger partial charge is 0.213 e. The number of aromatic nitrogens is 2. The van der Waals surface area contributed by atoms with Crippen LogP contribution in [0.3, 0.4) is 0 Å². The molecule has 3 heterocycles. The zero-order chi connectivity index (χ0) is 17.3. The van der Waals surface area contributed by atoms with Crippen molar-refractivity contribution in [2.24, 2.45) is 11.7 Å². The standard InChI is InChI=1S/C16H20FN3O4/c1-8(16-23-6-9(18)7-24-16)15(21)13-10(17)5-19-11-3-4-12(22-2)20-14(11)13/h3-5,8-9,15-16,21H,6-7,18H2,1-2H3/t8-,9?,15?,16?/m1/s1. The molecule has 7 nitrogen and oxygen atoms in total. The third kappa shape index (κ3) is 3.18. The van der Waals surface area contributed by atoms with Crippen molar-refractivity contribution in [3.63, 3.8) is 0 Å². The van der Waals surface area contributed by atoms with Crippen molar-refractivity contribution in [2.75, 3.05) is 20.3 Å². The van der Waals surface area contributed by atoms with Crippen LogP contribution >= 0.6 is 0 Å². The van der Waals surface area contributed by atoms with Gasteiger partial charge in [-0.2, -0.15) is 0 Å². The first-order valence-electron chi connectivity index (χ1n) is 7.67. The van der Waals surface area contributed by atoms with E-state index in [0.717, 1.165) is 6.20 Å². The normalized spacial score (nSPS) is 23.9. The minimum Gasteiger partial charge on any atom is -0.481 e. The maximum atomic E-state index is 14.4. The molecule has 24 heavy (non-hydrogen) atoms. The molecule has 0 saturated carbocycles. The maximum Gasteiger partial charge on any atom is 0.213 e. The number of aliphatic hydroxyl groups excluding tert-OH is 1. The number of halogens is 1. The molecule has 1 aliphatic heterocycles. The Balaban J connectivity index is 1.96. The average Bonchev–Trinajstić information content (AvgIpc) is 2.60. The summed E-state index contributed by atoms with van der Waals surface area (Å²) in [5.41, 5.74) is 6.47. The molecular weight excluding hydrogens is 317 g/mol. The van der Waals surface area contributed by atoms with Crippen molar-refractivity contribution in [1.82, 2.24) is 9.97 Å². The Morgan fingerprint density at radius 2 is 2.08 bits per heavy atom. The Kier molecular flexibility index (Phi) is 4.91. The van der Waals surface area contributed by atoms with Crippen molar-refractivity contribution < 1.29 is 23.7 Å². The Bertz CT molecular complexity index is 722. The minimum absolute atomic E-state index is 0.0495. The first-order chi connectivity index (χ1) is 11.5. The predicted octanol–water partition coefficient (Wildman–Crippen LogP) is 1.15. The predicted molar refractivity (Wildman–Crippen MR) is 83.8 cm³/mol. The van der Waals surface area contributed by atoms with Crippen LogP contribution in [0.25, 0.3) is 11.0 Å². The van der Waals surface area contributed by atoms with Gasteiger partial charge < -0.3 is 25.1 Å². The van der Waals surface area contributed by atoms with E-state index in [1.54, 1.807) is 19.1 Å². The van der Waals surface area contributed by atoms with Crippen LogP contribution in [0, 0.1) is 11.7 Å². The van der Waals surface area contributed by atoms with Gasteiger partial charge in [-0.3, -0.25) is 4.98 Å². The molecule has 0 radical (unpaired) electrons. The van der Waals surface area contributed by atoms with Crippen LogP contribution in [0.5, 0.6) is 5.88 Å². The van der Waals surface area contributed by atoms with E-state index >= 15 is 0 Å². The molecule has 0 spiro atoms. The summed E-state index contributed by atoms with van der Waals surface area (Å²) in [7, 11) is 1.46. The number of aliphatic hydroxyl groups is 1. The molecule has 0 bridgehead atoms. The number of nitrogens with two attached hydrogens (primary N) is 1. The lowest BCUT2D eigenvalue weighted by Crippen LogP contribution is -2.44. The van der Waals surface area contributed by atoms with E-state index in [-0.39, 0.29) is 17.1 Å². The van der Waals surface area contributed by atoms with E-state index in [0.29, 0.717) is 24.6 Å². The van der Waals surface area contributed by atoms with Crippen molar-refractivity contribution >= 4 is 11.0 Å². The summed E-state index contributed by atoms with van der Waals surface area (Å²) in [4.78, 5) is 8.23. The number of methoxy groups -OCH3 is 1. The third-order valence-corrected chi connectivity index (χ3v) is 4.06. The van der Waals surface area contributed by atoms with Gasteiger partial charge >= 0.3 is 0 Å². The second-order valence-corrected chi connectivity index (χ2v) is 5.84. The maximum absolute atomic E-state index is 14.4. The van der Waals surface area contributed by atoms with Crippen molar-refractivity contribution in [2.45, 2.75) is 25.4 Å². The molecule has 0 amide bonds. The number of fused-ring (bicyclic) bond motifs is 1. The van der Waals surface area contributed by atoms with Crippen molar-refractivity contribution in [3.8, 4) is 5.88 Å². The molecule has 130 valence electrons. The molecule has 0 aliphatic carbocycles. The van der Waals surface area contributed by atoms with Crippen molar-refractivity contribution in [3.05, 3.63) is 29.7 Å². The molecule has 3 N–H and O–H groups in total. The average molecular weight is 337 g/mol. The van der Waals surface area contributed by atoms with Gasteiger partial charge in [-0.15, -0.1) is 0 Å². The van der Waals surface area contributed by atoms with Gasteiger partial charge in [-0.1, -0.05) is 6.92 Å². The first-order valence-corrected chi connectivity index (χ1v) is 7.67. The van der Waals surface area contributed by atoms with Crippen molar-refractivity contribution in [1.29, 1.82) is 0 Å². The Morgan fingerprint density at radius 1 is 1.38 bits per heavy atom. The van der Waals surface area contributed by atoms with Gasteiger partial charge in [0.15, 0.2) is 6.29 Å². The van der Waals surface area contributed by atoms with Gasteiger partial charge in [0.1, 0.15) is 11.3 Å². The Labute approximate surface area is 138 Å². The van der Waals surface area contributed by atoms with E-state index in [9.17, 15) is 9.50 Å². The van der Waals surface area contributed by atoms with Gasteiger partial charge in [0.2, 0.25) is 5.88 Å². The number of pyridine rings is 2. The summed E-state index contributed by atoms with van der Waals surface area (Å²) < 4.78 is 30.5. The topological polar surface area (TPSA) is 99.7 Å². The van der Waals surface area contributed by atoms with Crippen LogP contribution in [-0.4, -0.2) is 47.7 Å². The summed E-state index contributed by atoms with van der Waals surface area (Å²) >= 11 is 0. The van der Waals surface area contributed by atoms with Gasteiger partial charge in [-0.05, 0) is 6.07 Å². The number of hydrogen-bond acceptors (Lipinski definition) is 7. The molecule has 0 aromatic carbocycles. The third-order valence-electron chi connectivity index (χ3n) is 4.06. The summed E-state index contributed by atoms with van der Waals surface area (Å²) in [5, 5.41) is 10.7. The Hall–Kier alpha value is -1.87. The van der Waals surface area contributed by atoms with Crippen LogP contribution in [0.1, 0.15) is 18.6 Å². The zero-order valence-corrected chi connectivity index (χ0v) is 13.5. The van der Waals surface area contributed by atoms with Gasteiger partial charge in [0.05, 0.1) is 44.2 Å². The molecule has 2 aromatic heterocycles. The highest BCUT2D eigenvalue weighted by Gasteiger charge is 2.33. The van der Waals surface area contributed by atoms with Crippen LogP contribution in [0.4, 0.5) is 4.39 Å². The van der Waals surface area contributed by atoms with Crippen LogP contribution < -0.4 is 10.5 Å². The molecule has 2 aromatic rings. The molecule has 1 fully saturated rings. The zero-order valence-electron chi connectivity index (χ0n) is 13.5. The van der Waals surface area contributed by atoms with Gasteiger partial charge in [0.25, 0.3) is 0 Å². The fraction of sp³-hybridized carbons (Fsp3) is 0.500. The van der Waals surface area contributed by atoms with E-state index in [1.165, 1.54) is 7.11 Å². The fourth-order valence-corrected chi connectivity index (χ4v) is 2.69. The highest BCUT2D eigenvalue weighted by Crippen LogP contribution is 2.33. The lowest BCUT2D eigenvalue weighted by molar-refractivity contribution is -0.222. The largest absolute Gasteiger partial charge is 0.481 e. The van der Waals surface area contributed by atoms with E-state index < -0.39 is 24.1 Å². The van der Waals surface area contributed by atoms with E-state index in [2.05, 4.69) is 9.97 Å². The van der Waals surface area contributed by atoms with E-state index in [1.807, 2.05) is 0 Å². The number of ether oxygens (including phenoxy) is 3. The summed E-state index contributed by atoms with van der Waals surface area (Å²) in [6.07, 6.45) is -0.789. The van der Waals surface area contributed by atoms with Crippen LogP contribution in [0.2, 0.25) is 0 Å². The summed E-state index contributed by atoms with van der Waals surface area (Å²) in [6, 6.07) is 3.09.